The fourth-order valence-corrected chi connectivity index (χ4v) is 6.72. The molecule has 148 valence electrons. The Bertz CT molecular complexity index is 878. The Hall–Kier alpha value is -2.10. The van der Waals surface area contributed by atoms with Crippen LogP contribution < -0.4 is 10.6 Å². The van der Waals surface area contributed by atoms with Crippen LogP contribution in [0.1, 0.15) is 64.0 Å². The molecule has 4 aliphatic carbocycles. The van der Waals surface area contributed by atoms with Crippen molar-refractivity contribution in [2.45, 2.75) is 64.8 Å². The summed E-state index contributed by atoms with van der Waals surface area (Å²) in [6, 6.07) is 6.04. The van der Waals surface area contributed by atoms with Gasteiger partial charge in [-0.1, -0.05) is 6.07 Å². The maximum absolute atomic E-state index is 13.5. The normalized spacial score (nSPS) is 35.5. The molecule has 4 saturated carbocycles. The highest BCUT2D eigenvalue weighted by Gasteiger charge is 2.58. The first-order valence-corrected chi connectivity index (χ1v) is 10.7. The SMILES string of the molecule is CC(=O)Nc1ccc2c(c1)/C(=C/C(=O)C13CC4CC(C1)C(C4)C3)NC(C)(C)C2. The first-order valence-electron chi connectivity index (χ1n) is 10.7. The summed E-state index contributed by atoms with van der Waals surface area (Å²) < 4.78 is 0. The Morgan fingerprint density at radius 2 is 1.86 bits per heavy atom. The van der Waals surface area contributed by atoms with E-state index in [2.05, 4.69) is 30.5 Å². The molecule has 2 unspecified atom stereocenters. The fraction of sp³-hybridized carbons (Fsp3) is 0.583. The standard InChI is InChI=1S/C24H30N2O2/c1-14(27)25-19-5-4-16-11-23(2,3)26-21(20(16)8-19)9-22(28)24-10-15-6-17(12-24)18(7-15)13-24/h4-5,8-9,15,17-18,26H,6-7,10-13H2,1-3H3,(H,25,27)/b21-9-. The maximum atomic E-state index is 13.5. The van der Waals surface area contributed by atoms with E-state index in [1.807, 2.05) is 18.2 Å². The van der Waals surface area contributed by atoms with E-state index in [1.165, 1.54) is 25.3 Å². The molecule has 4 bridgehead atoms. The molecule has 1 amide bonds. The smallest absolute Gasteiger partial charge is 0.221 e. The number of carbonyl (C=O) groups is 2. The molecule has 1 aliphatic heterocycles. The lowest BCUT2D eigenvalue weighted by molar-refractivity contribution is -0.126. The van der Waals surface area contributed by atoms with Crippen LogP contribution in [0, 0.1) is 23.2 Å². The predicted octanol–water partition coefficient (Wildman–Crippen LogP) is 4.31. The van der Waals surface area contributed by atoms with Gasteiger partial charge in [0.05, 0.1) is 0 Å². The molecule has 4 fully saturated rings. The second-order valence-corrected chi connectivity index (χ2v) is 10.4. The highest BCUT2D eigenvalue weighted by Crippen LogP contribution is 2.64. The molecule has 4 heteroatoms. The molecule has 1 aromatic rings. The van der Waals surface area contributed by atoms with Gasteiger partial charge in [-0.05, 0) is 87.8 Å². The first kappa shape index (κ1) is 18.0. The lowest BCUT2D eigenvalue weighted by Crippen LogP contribution is -2.44. The van der Waals surface area contributed by atoms with Crippen LogP contribution >= 0.6 is 0 Å². The van der Waals surface area contributed by atoms with E-state index in [1.54, 1.807) is 0 Å². The number of amides is 1. The van der Waals surface area contributed by atoms with Crippen molar-refractivity contribution < 1.29 is 9.59 Å². The van der Waals surface area contributed by atoms with Gasteiger partial charge in [-0.3, -0.25) is 9.59 Å². The van der Waals surface area contributed by atoms with Crippen molar-refractivity contribution in [2.24, 2.45) is 23.2 Å². The van der Waals surface area contributed by atoms with Crippen molar-refractivity contribution in [3.05, 3.63) is 35.4 Å². The molecule has 5 aliphatic rings. The summed E-state index contributed by atoms with van der Waals surface area (Å²) in [4.78, 5) is 25.0. The number of benzene rings is 1. The minimum atomic E-state index is -0.109. The molecule has 2 N–H and O–H groups in total. The minimum absolute atomic E-state index is 0.0806. The summed E-state index contributed by atoms with van der Waals surface area (Å²) in [5, 5.41) is 6.48. The Balaban J connectivity index is 1.50. The van der Waals surface area contributed by atoms with E-state index in [0.29, 0.717) is 5.78 Å². The van der Waals surface area contributed by atoms with Crippen LogP contribution in [0.15, 0.2) is 24.3 Å². The van der Waals surface area contributed by atoms with Gasteiger partial charge in [-0.2, -0.15) is 0 Å². The van der Waals surface area contributed by atoms with Crippen molar-refractivity contribution >= 4 is 23.1 Å². The number of carbonyl (C=O) groups excluding carboxylic acids is 2. The second-order valence-electron chi connectivity index (χ2n) is 10.4. The highest BCUT2D eigenvalue weighted by atomic mass is 16.1. The Kier molecular flexibility index (Phi) is 3.82. The summed E-state index contributed by atoms with van der Waals surface area (Å²) in [6.07, 6.45) is 8.77. The summed E-state index contributed by atoms with van der Waals surface area (Å²) in [7, 11) is 0. The van der Waals surface area contributed by atoms with Crippen LogP contribution in [-0.2, 0) is 16.0 Å². The zero-order valence-corrected chi connectivity index (χ0v) is 17.1. The number of rotatable bonds is 3. The van der Waals surface area contributed by atoms with E-state index in [0.717, 1.165) is 60.4 Å². The van der Waals surface area contributed by atoms with E-state index in [4.69, 9.17) is 0 Å². The Morgan fingerprint density at radius 1 is 1.14 bits per heavy atom. The lowest BCUT2D eigenvalue weighted by Gasteiger charge is -2.38. The molecular formula is C24H30N2O2. The average Bonchev–Trinajstić information content (AvgIpc) is 3.01. The number of fused-ring (bicyclic) bond motifs is 1. The van der Waals surface area contributed by atoms with E-state index in [-0.39, 0.29) is 16.9 Å². The zero-order chi connectivity index (χ0) is 19.7. The largest absolute Gasteiger partial charge is 0.379 e. The number of anilines is 1. The van der Waals surface area contributed by atoms with Gasteiger partial charge in [-0.25, -0.2) is 0 Å². The van der Waals surface area contributed by atoms with Crippen LogP contribution in [0.25, 0.3) is 5.70 Å². The fourth-order valence-electron chi connectivity index (χ4n) is 6.72. The van der Waals surface area contributed by atoms with Gasteiger partial charge in [-0.15, -0.1) is 0 Å². The number of ketones is 1. The second kappa shape index (κ2) is 5.95. The molecule has 0 aromatic heterocycles. The van der Waals surface area contributed by atoms with Crippen LogP contribution in [0.3, 0.4) is 0 Å². The number of allylic oxidation sites excluding steroid dienone is 1. The maximum Gasteiger partial charge on any atom is 0.221 e. The van der Waals surface area contributed by atoms with E-state index >= 15 is 0 Å². The molecule has 0 spiro atoms. The Labute approximate surface area is 167 Å². The quantitative estimate of drug-likeness (QED) is 0.771. The first-order chi connectivity index (χ1) is 13.2. The topological polar surface area (TPSA) is 58.2 Å². The lowest BCUT2D eigenvalue weighted by atomic mass is 9.67. The van der Waals surface area contributed by atoms with Crippen LogP contribution in [0.2, 0.25) is 0 Å². The van der Waals surface area contributed by atoms with Gasteiger partial charge in [0.2, 0.25) is 5.91 Å². The van der Waals surface area contributed by atoms with Gasteiger partial charge < -0.3 is 10.6 Å². The monoisotopic (exact) mass is 378 g/mol. The highest BCUT2D eigenvalue weighted by molar-refractivity contribution is 6.01. The summed E-state index contributed by atoms with van der Waals surface area (Å²) in [5.41, 5.74) is 3.77. The van der Waals surface area contributed by atoms with Gasteiger partial charge in [0.1, 0.15) is 0 Å². The molecule has 6 rings (SSSR count). The van der Waals surface area contributed by atoms with Crippen molar-refractivity contribution in [2.75, 3.05) is 5.32 Å². The van der Waals surface area contributed by atoms with Crippen LogP contribution in [0.5, 0.6) is 0 Å². The van der Waals surface area contributed by atoms with Crippen molar-refractivity contribution in [3.63, 3.8) is 0 Å². The van der Waals surface area contributed by atoms with Gasteiger partial charge >= 0.3 is 0 Å². The molecule has 0 saturated heterocycles. The van der Waals surface area contributed by atoms with Crippen LogP contribution in [-0.4, -0.2) is 17.2 Å². The molecule has 1 heterocycles. The third-order valence-electron chi connectivity index (χ3n) is 7.55. The zero-order valence-electron chi connectivity index (χ0n) is 17.1. The molecule has 0 radical (unpaired) electrons. The average molecular weight is 379 g/mol. The van der Waals surface area contributed by atoms with Crippen molar-refractivity contribution in [3.8, 4) is 0 Å². The summed E-state index contributed by atoms with van der Waals surface area (Å²) in [5.74, 6) is 2.59. The van der Waals surface area contributed by atoms with E-state index < -0.39 is 0 Å². The van der Waals surface area contributed by atoms with Crippen molar-refractivity contribution in [1.29, 1.82) is 0 Å². The number of nitrogens with one attached hydrogen (secondary N) is 2. The van der Waals surface area contributed by atoms with Gasteiger partial charge in [0, 0.05) is 40.9 Å². The Morgan fingerprint density at radius 3 is 2.50 bits per heavy atom. The van der Waals surface area contributed by atoms with E-state index in [9.17, 15) is 9.59 Å². The molecule has 4 nitrogen and oxygen atoms in total. The third kappa shape index (κ3) is 2.89. The van der Waals surface area contributed by atoms with Gasteiger partial charge in [0.15, 0.2) is 5.78 Å². The molecule has 1 aromatic carbocycles. The third-order valence-corrected chi connectivity index (χ3v) is 7.55. The number of hydrogen-bond donors (Lipinski definition) is 2. The predicted molar refractivity (Wildman–Crippen MR) is 111 cm³/mol. The minimum Gasteiger partial charge on any atom is -0.379 e. The summed E-state index contributed by atoms with van der Waals surface area (Å²) in [6.45, 7) is 5.87. The van der Waals surface area contributed by atoms with Gasteiger partial charge in [0.25, 0.3) is 0 Å². The molecule has 2 atom stereocenters. The van der Waals surface area contributed by atoms with Crippen LogP contribution in [0.4, 0.5) is 5.69 Å². The molecule has 28 heavy (non-hydrogen) atoms. The van der Waals surface area contributed by atoms with Crippen molar-refractivity contribution in [1.82, 2.24) is 5.32 Å². The summed E-state index contributed by atoms with van der Waals surface area (Å²) >= 11 is 0. The number of hydrogen-bond acceptors (Lipinski definition) is 3. The molecular weight excluding hydrogens is 348 g/mol.